The first-order valence-corrected chi connectivity index (χ1v) is 9.45. The smallest absolute Gasteiger partial charge is 0.251 e. The van der Waals surface area contributed by atoms with E-state index in [1.54, 1.807) is 38.1 Å². The van der Waals surface area contributed by atoms with Crippen molar-refractivity contribution in [3.8, 4) is 11.8 Å². The Balaban J connectivity index is 2.19. The molecular weight excluding hydrogens is 342 g/mol. The number of anilines is 1. The van der Waals surface area contributed by atoms with Crippen LogP contribution in [0.4, 0.5) is 5.82 Å². The molecule has 1 atom stereocenters. The van der Waals surface area contributed by atoms with E-state index in [4.69, 9.17) is 11.0 Å². The van der Waals surface area contributed by atoms with Crippen molar-refractivity contribution >= 4 is 21.6 Å². The summed E-state index contributed by atoms with van der Waals surface area (Å²) in [5, 5.41) is 15.6. The van der Waals surface area contributed by atoms with Crippen LogP contribution in [0.5, 0.6) is 0 Å². The van der Waals surface area contributed by atoms with Crippen molar-refractivity contribution in [3.05, 3.63) is 41.6 Å². The fraction of sp³-hybridized carbons (Fsp3) is 0.312. The summed E-state index contributed by atoms with van der Waals surface area (Å²) >= 11 is 0. The van der Waals surface area contributed by atoms with Crippen LogP contribution in [0.1, 0.15) is 29.8 Å². The molecule has 1 heterocycles. The number of sulfone groups is 1. The SMILES string of the molecule is CCS(=O)(=O)CC(C)NC(=O)c1cccc(-n2ncc(C#N)c2N)c1. The van der Waals surface area contributed by atoms with E-state index in [2.05, 4.69) is 10.4 Å². The molecule has 0 aliphatic rings. The topological polar surface area (TPSA) is 131 Å². The number of benzene rings is 1. The molecular formula is C16H19N5O3S. The fourth-order valence-electron chi connectivity index (χ4n) is 2.28. The molecule has 8 nitrogen and oxygen atoms in total. The molecule has 0 fully saturated rings. The zero-order valence-corrected chi connectivity index (χ0v) is 14.7. The number of amides is 1. The quantitative estimate of drug-likeness (QED) is 0.785. The minimum Gasteiger partial charge on any atom is -0.382 e. The van der Waals surface area contributed by atoms with Crippen LogP contribution in [0, 0.1) is 11.3 Å². The lowest BCUT2D eigenvalue weighted by Gasteiger charge is -2.14. The summed E-state index contributed by atoms with van der Waals surface area (Å²) in [6.45, 7) is 3.21. The highest BCUT2D eigenvalue weighted by molar-refractivity contribution is 7.91. The number of nitrogens with zero attached hydrogens (tertiary/aromatic N) is 3. The van der Waals surface area contributed by atoms with Crippen molar-refractivity contribution < 1.29 is 13.2 Å². The van der Waals surface area contributed by atoms with Crippen molar-refractivity contribution in [2.45, 2.75) is 19.9 Å². The van der Waals surface area contributed by atoms with Crippen LogP contribution in [0.3, 0.4) is 0 Å². The summed E-state index contributed by atoms with van der Waals surface area (Å²) in [5.74, 6) is -0.302. The molecule has 2 rings (SSSR count). The average molecular weight is 361 g/mol. The second kappa shape index (κ2) is 7.36. The molecule has 1 amide bonds. The number of hydrogen-bond acceptors (Lipinski definition) is 6. The zero-order chi connectivity index (χ0) is 18.6. The lowest BCUT2D eigenvalue weighted by molar-refractivity contribution is 0.0943. The molecule has 3 N–H and O–H groups in total. The van der Waals surface area contributed by atoms with Crippen molar-refractivity contribution in [2.24, 2.45) is 0 Å². The van der Waals surface area contributed by atoms with Gasteiger partial charge in [-0.2, -0.15) is 10.4 Å². The minimum atomic E-state index is -3.18. The maximum Gasteiger partial charge on any atom is 0.251 e. The maximum atomic E-state index is 12.3. The summed E-state index contributed by atoms with van der Waals surface area (Å²) in [6, 6.07) is 7.95. The Labute approximate surface area is 146 Å². The number of rotatable bonds is 6. The third-order valence-corrected chi connectivity index (χ3v) is 5.49. The van der Waals surface area contributed by atoms with Gasteiger partial charge in [0.15, 0.2) is 9.84 Å². The van der Waals surface area contributed by atoms with Crippen LogP contribution in [-0.2, 0) is 9.84 Å². The Morgan fingerprint density at radius 1 is 1.48 bits per heavy atom. The van der Waals surface area contributed by atoms with E-state index < -0.39 is 21.8 Å². The second-order valence-electron chi connectivity index (χ2n) is 5.59. The van der Waals surface area contributed by atoms with Crippen LogP contribution in [-0.4, -0.2) is 41.7 Å². The summed E-state index contributed by atoms with van der Waals surface area (Å²) < 4.78 is 24.6. The van der Waals surface area contributed by atoms with Gasteiger partial charge in [-0.1, -0.05) is 13.0 Å². The first kappa shape index (κ1) is 18.5. The van der Waals surface area contributed by atoms with Crippen molar-refractivity contribution in [1.82, 2.24) is 15.1 Å². The van der Waals surface area contributed by atoms with Gasteiger partial charge in [0.05, 0.1) is 17.6 Å². The molecule has 2 aromatic rings. The summed E-state index contributed by atoms with van der Waals surface area (Å²) in [4.78, 5) is 12.3. The highest BCUT2D eigenvalue weighted by atomic mass is 32.2. The van der Waals surface area contributed by atoms with E-state index in [0.717, 1.165) is 0 Å². The molecule has 0 radical (unpaired) electrons. The highest BCUT2D eigenvalue weighted by Crippen LogP contribution is 2.17. The monoisotopic (exact) mass is 361 g/mol. The Bertz CT molecular complexity index is 927. The molecule has 0 spiro atoms. The van der Waals surface area contributed by atoms with E-state index in [0.29, 0.717) is 11.3 Å². The summed E-state index contributed by atoms with van der Waals surface area (Å²) in [6.07, 6.45) is 1.35. The number of nitrogens with one attached hydrogen (secondary N) is 1. The zero-order valence-electron chi connectivity index (χ0n) is 13.9. The van der Waals surface area contributed by atoms with Crippen LogP contribution in [0.25, 0.3) is 5.69 Å². The van der Waals surface area contributed by atoms with E-state index >= 15 is 0 Å². The van der Waals surface area contributed by atoms with E-state index in [1.807, 2.05) is 6.07 Å². The molecule has 132 valence electrons. The lowest BCUT2D eigenvalue weighted by atomic mass is 10.1. The van der Waals surface area contributed by atoms with Gasteiger partial charge in [0, 0.05) is 17.4 Å². The third kappa shape index (κ3) is 4.36. The van der Waals surface area contributed by atoms with Gasteiger partial charge in [0.2, 0.25) is 0 Å². The Morgan fingerprint density at radius 2 is 2.20 bits per heavy atom. The number of carbonyl (C=O) groups is 1. The second-order valence-corrected chi connectivity index (χ2v) is 7.99. The molecule has 1 aromatic heterocycles. The Hall–Kier alpha value is -2.86. The maximum absolute atomic E-state index is 12.3. The number of nitrogens with two attached hydrogens (primary N) is 1. The molecule has 1 aromatic carbocycles. The number of aromatic nitrogens is 2. The Kier molecular flexibility index (Phi) is 5.44. The first-order chi connectivity index (χ1) is 11.8. The van der Waals surface area contributed by atoms with Crippen LogP contribution < -0.4 is 11.1 Å². The van der Waals surface area contributed by atoms with Gasteiger partial charge in [-0.3, -0.25) is 4.79 Å². The molecule has 0 saturated heterocycles. The fourth-order valence-corrected chi connectivity index (χ4v) is 3.36. The van der Waals surface area contributed by atoms with E-state index in [-0.39, 0.29) is 22.9 Å². The third-order valence-electron chi connectivity index (χ3n) is 3.60. The van der Waals surface area contributed by atoms with Crippen molar-refractivity contribution in [3.63, 3.8) is 0 Å². The van der Waals surface area contributed by atoms with Crippen LogP contribution in [0.15, 0.2) is 30.5 Å². The average Bonchev–Trinajstić information content (AvgIpc) is 2.95. The number of nitrogen functional groups attached to an aromatic ring is 1. The van der Waals surface area contributed by atoms with Gasteiger partial charge >= 0.3 is 0 Å². The molecule has 0 aliphatic carbocycles. The standard InChI is InChI=1S/C16H19N5O3S/c1-3-25(23,24)10-11(2)20-16(22)12-5-4-6-14(7-12)21-15(18)13(8-17)9-19-21/h4-7,9,11H,3,10,18H2,1-2H3,(H,20,22). The predicted molar refractivity (Wildman–Crippen MR) is 93.9 cm³/mol. The highest BCUT2D eigenvalue weighted by Gasteiger charge is 2.17. The summed E-state index contributed by atoms with van der Waals surface area (Å²) in [7, 11) is -3.18. The van der Waals surface area contributed by atoms with E-state index in [9.17, 15) is 13.2 Å². The molecule has 1 unspecified atom stereocenters. The minimum absolute atomic E-state index is 0.0303. The van der Waals surface area contributed by atoms with Gasteiger partial charge in [-0.15, -0.1) is 0 Å². The molecule has 0 bridgehead atoms. The molecule has 9 heteroatoms. The van der Waals surface area contributed by atoms with E-state index in [1.165, 1.54) is 10.9 Å². The molecule has 0 aliphatic heterocycles. The molecule has 0 saturated carbocycles. The predicted octanol–water partition coefficient (Wildman–Crippen LogP) is 0.879. The number of hydrogen-bond donors (Lipinski definition) is 2. The number of carbonyl (C=O) groups excluding carboxylic acids is 1. The number of nitriles is 1. The first-order valence-electron chi connectivity index (χ1n) is 7.62. The Morgan fingerprint density at radius 3 is 2.80 bits per heavy atom. The van der Waals surface area contributed by atoms with Gasteiger partial charge < -0.3 is 11.1 Å². The molecule has 25 heavy (non-hydrogen) atoms. The van der Waals surface area contributed by atoms with Gasteiger partial charge in [0.25, 0.3) is 5.91 Å². The lowest BCUT2D eigenvalue weighted by Crippen LogP contribution is -2.38. The van der Waals surface area contributed by atoms with Crippen LogP contribution in [0.2, 0.25) is 0 Å². The largest absolute Gasteiger partial charge is 0.382 e. The van der Waals surface area contributed by atoms with Gasteiger partial charge in [-0.25, -0.2) is 13.1 Å². The van der Waals surface area contributed by atoms with Gasteiger partial charge in [-0.05, 0) is 25.1 Å². The van der Waals surface area contributed by atoms with Crippen molar-refractivity contribution in [1.29, 1.82) is 5.26 Å². The van der Waals surface area contributed by atoms with Gasteiger partial charge in [0.1, 0.15) is 17.5 Å². The summed E-state index contributed by atoms with van der Waals surface area (Å²) in [5.41, 5.74) is 6.96. The van der Waals surface area contributed by atoms with Crippen molar-refractivity contribution in [2.75, 3.05) is 17.2 Å². The normalized spacial score (nSPS) is 12.4. The van der Waals surface area contributed by atoms with Crippen LogP contribution >= 0.6 is 0 Å².